The van der Waals surface area contributed by atoms with Crippen LogP contribution in [-0.2, 0) is 9.59 Å². The quantitative estimate of drug-likeness (QED) is 0.523. The first-order valence-corrected chi connectivity index (χ1v) is 9.40. The highest BCUT2D eigenvalue weighted by Gasteiger charge is 2.37. The van der Waals surface area contributed by atoms with E-state index in [1.165, 1.54) is 22.6 Å². The highest BCUT2D eigenvalue weighted by atomic mass is 16.2. The van der Waals surface area contributed by atoms with E-state index in [0.717, 1.165) is 6.54 Å². The van der Waals surface area contributed by atoms with Crippen molar-refractivity contribution in [3.63, 3.8) is 0 Å². The van der Waals surface area contributed by atoms with Crippen LogP contribution in [0.25, 0.3) is 0 Å². The smallest absolute Gasteiger partial charge is 0.326 e. The van der Waals surface area contributed by atoms with Gasteiger partial charge >= 0.3 is 6.03 Å². The molecule has 6 nitrogen and oxygen atoms in total. The Morgan fingerprint density at radius 1 is 1.28 bits per heavy atom. The molecule has 0 unspecified atom stereocenters. The lowest BCUT2D eigenvalue weighted by Gasteiger charge is -2.32. The van der Waals surface area contributed by atoms with Crippen LogP contribution >= 0.6 is 0 Å². The van der Waals surface area contributed by atoms with E-state index in [4.69, 9.17) is 0 Å². The molecular formula is C19H29N3O3. The van der Waals surface area contributed by atoms with Crippen LogP contribution in [-0.4, -0.2) is 65.3 Å². The van der Waals surface area contributed by atoms with Gasteiger partial charge in [-0.25, -0.2) is 4.79 Å². The Labute approximate surface area is 149 Å². The van der Waals surface area contributed by atoms with Crippen LogP contribution in [0.15, 0.2) is 12.2 Å². The molecule has 3 aliphatic rings. The SMILES string of the molecule is CC(C)N(C[C@H]1C[C@H]2C=C[C@H]1C2)C(=O)CCCN1C(=O)CN(C)C1=O. The van der Waals surface area contributed by atoms with Gasteiger partial charge in [0.2, 0.25) is 11.8 Å². The van der Waals surface area contributed by atoms with Crippen molar-refractivity contribution in [1.29, 1.82) is 0 Å². The third-order valence-electron chi connectivity index (χ3n) is 5.79. The number of hydrogen-bond acceptors (Lipinski definition) is 3. The largest absolute Gasteiger partial charge is 0.340 e. The van der Waals surface area contributed by atoms with Gasteiger partial charge in [-0.05, 0) is 50.9 Å². The summed E-state index contributed by atoms with van der Waals surface area (Å²) in [5.74, 6) is 1.89. The number of rotatable bonds is 7. The molecule has 3 atom stereocenters. The standard InChI is InChI=1S/C19H29N3O3/c1-13(2)22(11-16-10-14-6-7-15(16)9-14)17(23)5-4-8-21-18(24)12-20(3)19(21)25/h6-7,13-16H,4-5,8-12H2,1-3H3/t14-,15-,16+/m0/s1. The molecule has 6 heteroatoms. The van der Waals surface area contributed by atoms with Gasteiger partial charge in [0, 0.05) is 32.6 Å². The maximum Gasteiger partial charge on any atom is 0.326 e. The van der Waals surface area contributed by atoms with E-state index in [2.05, 4.69) is 26.0 Å². The molecule has 3 rings (SSSR count). The zero-order valence-electron chi connectivity index (χ0n) is 15.5. The number of carbonyl (C=O) groups is 3. The Morgan fingerprint density at radius 2 is 2.04 bits per heavy atom. The summed E-state index contributed by atoms with van der Waals surface area (Å²) in [6, 6.07) is -0.0799. The average molecular weight is 347 g/mol. The Balaban J connectivity index is 1.49. The second-order valence-corrected chi connectivity index (χ2v) is 7.97. The molecule has 4 amide bonds. The van der Waals surface area contributed by atoms with Crippen LogP contribution in [0.2, 0.25) is 0 Å². The van der Waals surface area contributed by atoms with Crippen LogP contribution in [0.3, 0.4) is 0 Å². The normalized spacial score (nSPS) is 27.9. The summed E-state index contributed by atoms with van der Waals surface area (Å²) in [5, 5.41) is 0. The van der Waals surface area contributed by atoms with E-state index in [1.54, 1.807) is 7.05 Å². The van der Waals surface area contributed by atoms with E-state index >= 15 is 0 Å². The lowest BCUT2D eigenvalue weighted by molar-refractivity contribution is -0.134. The zero-order chi connectivity index (χ0) is 18.1. The van der Waals surface area contributed by atoms with Crippen LogP contribution < -0.4 is 0 Å². The number of fused-ring (bicyclic) bond motifs is 2. The molecule has 0 aromatic rings. The molecule has 1 saturated heterocycles. The summed E-state index contributed by atoms with van der Waals surface area (Å²) in [6.45, 7) is 5.42. The van der Waals surface area contributed by atoms with Crippen LogP contribution in [0.1, 0.15) is 39.5 Å². The van der Waals surface area contributed by atoms with Gasteiger partial charge in [0.05, 0.1) is 0 Å². The lowest BCUT2D eigenvalue weighted by atomic mass is 9.92. The summed E-state index contributed by atoms with van der Waals surface area (Å²) >= 11 is 0. The molecule has 138 valence electrons. The van der Waals surface area contributed by atoms with Crippen molar-refractivity contribution in [3.8, 4) is 0 Å². The van der Waals surface area contributed by atoms with Gasteiger partial charge in [-0.2, -0.15) is 0 Å². The van der Waals surface area contributed by atoms with Crippen molar-refractivity contribution in [2.24, 2.45) is 17.8 Å². The number of urea groups is 1. The van der Waals surface area contributed by atoms with Crippen molar-refractivity contribution in [2.75, 3.05) is 26.7 Å². The van der Waals surface area contributed by atoms with Gasteiger partial charge in [-0.1, -0.05) is 12.2 Å². The van der Waals surface area contributed by atoms with E-state index in [9.17, 15) is 14.4 Å². The maximum atomic E-state index is 12.7. The minimum absolute atomic E-state index is 0.134. The molecule has 0 aromatic heterocycles. The molecule has 25 heavy (non-hydrogen) atoms. The van der Waals surface area contributed by atoms with E-state index < -0.39 is 0 Å². The zero-order valence-corrected chi connectivity index (χ0v) is 15.5. The summed E-state index contributed by atoms with van der Waals surface area (Å²) < 4.78 is 0. The van der Waals surface area contributed by atoms with Crippen molar-refractivity contribution in [1.82, 2.24) is 14.7 Å². The second-order valence-electron chi connectivity index (χ2n) is 7.97. The number of likely N-dealkylation sites (N-methyl/N-ethyl adjacent to an activating group) is 1. The summed E-state index contributed by atoms with van der Waals surface area (Å²) in [4.78, 5) is 41.0. The second kappa shape index (κ2) is 7.18. The fourth-order valence-corrected chi connectivity index (χ4v) is 4.38. The summed E-state index contributed by atoms with van der Waals surface area (Å²) in [5.41, 5.74) is 0. The molecule has 0 N–H and O–H groups in total. The highest BCUT2D eigenvalue weighted by molar-refractivity contribution is 6.01. The summed E-state index contributed by atoms with van der Waals surface area (Å²) in [6.07, 6.45) is 8.00. The summed E-state index contributed by atoms with van der Waals surface area (Å²) in [7, 11) is 1.62. The van der Waals surface area contributed by atoms with Gasteiger partial charge in [-0.3, -0.25) is 14.5 Å². The van der Waals surface area contributed by atoms with Gasteiger partial charge in [-0.15, -0.1) is 0 Å². The number of nitrogens with zero attached hydrogens (tertiary/aromatic N) is 3. The molecule has 1 heterocycles. The van der Waals surface area contributed by atoms with E-state index in [1.807, 2.05) is 4.90 Å². The first-order valence-electron chi connectivity index (χ1n) is 9.40. The van der Waals surface area contributed by atoms with Crippen molar-refractivity contribution < 1.29 is 14.4 Å². The predicted molar refractivity (Wildman–Crippen MR) is 94.7 cm³/mol. The lowest BCUT2D eigenvalue weighted by Crippen LogP contribution is -2.41. The van der Waals surface area contributed by atoms with Gasteiger partial charge in [0.1, 0.15) is 6.54 Å². The van der Waals surface area contributed by atoms with Crippen molar-refractivity contribution >= 4 is 17.8 Å². The molecule has 2 bridgehead atoms. The predicted octanol–water partition coefficient (Wildman–Crippen LogP) is 2.11. The molecular weight excluding hydrogens is 318 g/mol. The van der Waals surface area contributed by atoms with E-state index in [0.29, 0.717) is 37.1 Å². The molecule has 1 aliphatic heterocycles. The number of carbonyl (C=O) groups excluding carboxylic acids is 3. The monoisotopic (exact) mass is 347 g/mol. The fraction of sp³-hybridized carbons (Fsp3) is 0.737. The van der Waals surface area contributed by atoms with Crippen LogP contribution in [0.5, 0.6) is 0 Å². The fourth-order valence-electron chi connectivity index (χ4n) is 4.38. The number of allylic oxidation sites excluding steroid dienone is 2. The Hall–Kier alpha value is -1.85. The van der Waals surface area contributed by atoms with E-state index in [-0.39, 0.29) is 30.4 Å². The van der Waals surface area contributed by atoms with Crippen molar-refractivity contribution in [3.05, 3.63) is 12.2 Å². The third-order valence-corrected chi connectivity index (χ3v) is 5.79. The minimum atomic E-state index is -0.257. The minimum Gasteiger partial charge on any atom is -0.340 e. The Morgan fingerprint density at radius 3 is 2.56 bits per heavy atom. The van der Waals surface area contributed by atoms with Crippen LogP contribution in [0, 0.1) is 17.8 Å². The Bertz CT molecular complexity index is 586. The first-order chi connectivity index (χ1) is 11.9. The molecule has 0 spiro atoms. The number of imide groups is 1. The third kappa shape index (κ3) is 3.72. The van der Waals surface area contributed by atoms with Gasteiger partial charge < -0.3 is 9.80 Å². The average Bonchev–Trinajstić information content (AvgIpc) is 3.23. The molecule has 2 aliphatic carbocycles. The molecule has 1 saturated carbocycles. The number of amides is 4. The molecule has 2 fully saturated rings. The molecule has 0 aromatic carbocycles. The highest BCUT2D eigenvalue weighted by Crippen LogP contribution is 2.43. The van der Waals surface area contributed by atoms with Crippen molar-refractivity contribution in [2.45, 2.75) is 45.6 Å². The first kappa shape index (κ1) is 18.0. The Kier molecular flexibility index (Phi) is 5.16. The van der Waals surface area contributed by atoms with Gasteiger partial charge in [0.25, 0.3) is 0 Å². The molecule has 0 radical (unpaired) electrons. The van der Waals surface area contributed by atoms with Crippen LogP contribution in [0.4, 0.5) is 4.79 Å². The number of hydrogen-bond donors (Lipinski definition) is 0. The topological polar surface area (TPSA) is 60.9 Å². The van der Waals surface area contributed by atoms with Gasteiger partial charge in [0.15, 0.2) is 0 Å². The maximum absolute atomic E-state index is 12.7.